The molecular formula is C22H16Cl2O4S. The van der Waals surface area contributed by atoms with Crippen LogP contribution in [0.15, 0.2) is 69.9 Å². The van der Waals surface area contributed by atoms with Gasteiger partial charge in [-0.15, -0.1) is 11.3 Å². The number of benzene rings is 2. The van der Waals surface area contributed by atoms with Crippen LogP contribution in [0.1, 0.15) is 34.4 Å². The second-order valence-corrected chi connectivity index (χ2v) is 8.83. The maximum atomic E-state index is 12.8. The summed E-state index contributed by atoms with van der Waals surface area (Å²) in [5.41, 5.74) is 0.431. The fraction of sp³-hybridized carbons (Fsp3) is 0.136. The second-order valence-electron chi connectivity index (χ2n) is 6.65. The first kappa shape index (κ1) is 20.0. The molecule has 0 aliphatic rings. The van der Waals surface area contributed by atoms with Crippen molar-refractivity contribution < 1.29 is 14.6 Å². The SMILES string of the molecule is O=c1oc2ccccc2c(O)c1[C@H](C[C@H](O)c1ccc(Cl)cc1)c1ccc(Cl)s1. The predicted molar refractivity (Wildman–Crippen MR) is 116 cm³/mol. The Morgan fingerprint density at radius 1 is 1.00 bits per heavy atom. The third-order valence-electron chi connectivity index (χ3n) is 4.82. The Bertz CT molecular complexity index is 1210. The Balaban J connectivity index is 1.82. The smallest absolute Gasteiger partial charge is 0.343 e. The number of aliphatic hydroxyl groups is 1. The number of hydrogen-bond acceptors (Lipinski definition) is 5. The molecular weight excluding hydrogens is 431 g/mol. The van der Waals surface area contributed by atoms with E-state index >= 15 is 0 Å². The molecule has 2 heterocycles. The lowest BCUT2D eigenvalue weighted by Gasteiger charge is -2.20. The summed E-state index contributed by atoms with van der Waals surface area (Å²) in [6.07, 6.45) is -0.724. The lowest BCUT2D eigenvalue weighted by Crippen LogP contribution is -2.16. The van der Waals surface area contributed by atoms with Gasteiger partial charge >= 0.3 is 5.63 Å². The van der Waals surface area contributed by atoms with Crippen LogP contribution in [0.5, 0.6) is 5.75 Å². The molecule has 0 saturated carbocycles. The highest BCUT2D eigenvalue weighted by molar-refractivity contribution is 7.16. The molecule has 2 aromatic carbocycles. The largest absolute Gasteiger partial charge is 0.507 e. The maximum absolute atomic E-state index is 12.8. The van der Waals surface area contributed by atoms with E-state index in [1.54, 1.807) is 60.7 Å². The molecule has 4 aromatic rings. The standard InChI is InChI=1S/C22H16Cl2O4S/c23-13-7-5-12(6-8-13)16(25)11-15(18-9-10-19(24)29-18)20-21(26)14-3-1-2-4-17(14)28-22(20)27/h1-10,15-16,25-26H,11H2/t15-,16+/m1/s1. The van der Waals surface area contributed by atoms with E-state index in [4.69, 9.17) is 27.6 Å². The van der Waals surface area contributed by atoms with Crippen molar-refractivity contribution in [2.24, 2.45) is 0 Å². The van der Waals surface area contributed by atoms with Crippen molar-refractivity contribution >= 4 is 45.5 Å². The minimum absolute atomic E-state index is 0.107. The van der Waals surface area contributed by atoms with Crippen LogP contribution in [0.25, 0.3) is 11.0 Å². The second kappa shape index (κ2) is 8.20. The lowest BCUT2D eigenvalue weighted by molar-refractivity contribution is 0.161. The average Bonchev–Trinajstić information content (AvgIpc) is 3.13. The van der Waals surface area contributed by atoms with Gasteiger partial charge in [-0.1, -0.05) is 47.5 Å². The summed E-state index contributed by atoms with van der Waals surface area (Å²) in [7, 11) is 0. The Hall–Kier alpha value is -2.31. The van der Waals surface area contributed by atoms with Gasteiger partial charge in [0.1, 0.15) is 11.3 Å². The minimum Gasteiger partial charge on any atom is -0.507 e. The zero-order chi connectivity index (χ0) is 20.5. The number of para-hydroxylation sites is 1. The van der Waals surface area contributed by atoms with Gasteiger partial charge in [-0.05, 0) is 48.4 Å². The number of fused-ring (bicyclic) bond motifs is 1. The van der Waals surface area contributed by atoms with E-state index in [2.05, 4.69) is 0 Å². The van der Waals surface area contributed by atoms with Gasteiger partial charge < -0.3 is 14.6 Å². The zero-order valence-electron chi connectivity index (χ0n) is 15.0. The van der Waals surface area contributed by atoms with Crippen LogP contribution in [-0.4, -0.2) is 10.2 Å². The summed E-state index contributed by atoms with van der Waals surface area (Å²) < 4.78 is 5.99. The van der Waals surface area contributed by atoms with Crippen LogP contribution in [0, 0.1) is 0 Å². The van der Waals surface area contributed by atoms with Crippen LogP contribution in [-0.2, 0) is 0 Å². The van der Waals surface area contributed by atoms with Crippen molar-refractivity contribution in [2.45, 2.75) is 18.4 Å². The average molecular weight is 447 g/mol. The first-order valence-corrected chi connectivity index (χ1v) is 10.4. The molecule has 29 heavy (non-hydrogen) atoms. The van der Waals surface area contributed by atoms with Crippen LogP contribution >= 0.6 is 34.5 Å². The molecule has 2 N–H and O–H groups in total. The fourth-order valence-electron chi connectivity index (χ4n) is 3.39. The third-order valence-corrected chi connectivity index (χ3v) is 6.42. The van der Waals surface area contributed by atoms with Crippen molar-refractivity contribution in [2.75, 3.05) is 0 Å². The Labute approximate surface area is 180 Å². The first-order chi connectivity index (χ1) is 13.9. The van der Waals surface area contributed by atoms with Gasteiger partial charge in [-0.25, -0.2) is 4.79 Å². The Morgan fingerprint density at radius 2 is 1.72 bits per heavy atom. The molecule has 0 spiro atoms. The van der Waals surface area contributed by atoms with Crippen molar-refractivity contribution in [3.8, 4) is 5.75 Å². The first-order valence-electron chi connectivity index (χ1n) is 8.87. The minimum atomic E-state index is -0.886. The molecule has 2 aromatic heterocycles. The van der Waals surface area contributed by atoms with Gasteiger partial charge in [-0.3, -0.25) is 0 Å². The molecule has 0 aliphatic carbocycles. The molecule has 4 rings (SSSR count). The van der Waals surface area contributed by atoms with E-state index in [1.165, 1.54) is 11.3 Å². The van der Waals surface area contributed by atoms with E-state index in [-0.39, 0.29) is 17.7 Å². The Morgan fingerprint density at radius 3 is 2.41 bits per heavy atom. The van der Waals surface area contributed by atoms with E-state index in [0.717, 1.165) is 4.88 Å². The van der Waals surface area contributed by atoms with Crippen molar-refractivity contribution in [3.63, 3.8) is 0 Å². The molecule has 0 aliphatic heterocycles. The highest BCUT2D eigenvalue weighted by atomic mass is 35.5. The van der Waals surface area contributed by atoms with Crippen LogP contribution in [0.3, 0.4) is 0 Å². The van der Waals surface area contributed by atoms with Gasteiger partial charge in [0, 0.05) is 15.8 Å². The summed E-state index contributed by atoms with van der Waals surface area (Å²) in [5, 5.41) is 22.7. The third kappa shape index (κ3) is 4.05. The molecule has 0 unspecified atom stereocenters. The Kier molecular flexibility index (Phi) is 5.65. The predicted octanol–water partition coefficient (Wildman–Crippen LogP) is 6.12. The number of rotatable bonds is 5. The molecule has 0 saturated heterocycles. The molecule has 7 heteroatoms. The van der Waals surface area contributed by atoms with Crippen molar-refractivity contribution in [3.05, 3.63) is 96.4 Å². The molecule has 0 fully saturated rings. The molecule has 0 radical (unpaired) electrons. The zero-order valence-corrected chi connectivity index (χ0v) is 17.3. The summed E-state index contributed by atoms with van der Waals surface area (Å²) in [5.74, 6) is -0.742. The molecule has 4 nitrogen and oxygen atoms in total. The van der Waals surface area contributed by atoms with Gasteiger partial charge in [-0.2, -0.15) is 0 Å². The normalized spacial score (nSPS) is 13.5. The molecule has 148 valence electrons. The van der Waals surface area contributed by atoms with E-state index < -0.39 is 17.6 Å². The number of thiophene rings is 1. The van der Waals surface area contributed by atoms with E-state index in [0.29, 0.717) is 25.9 Å². The van der Waals surface area contributed by atoms with E-state index in [9.17, 15) is 15.0 Å². The molecule has 0 amide bonds. The van der Waals surface area contributed by atoms with Crippen LogP contribution < -0.4 is 5.63 Å². The maximum Gasteiger partial charge on any atom is 0.343 e. The van der Waals surface area contributed by atoms with Crippen LogP contribution in [0.2, 0.25) is 9.36 Å². The number of aromatic hydroxyl groups is 1. The highest BCUT2D eigenvalue weighted by Crippen LogP contribution is 2.42. The fourth-order valence-corrected chi connectivity index (χ4v) is 4.70. The van der Waals surface area contributed by atoms with Crippen molar-refractivity contribution in [1.29, 1.82) is 0 Å². The highest BCUT2D eigenvalue weighted by Gasteiger charge is 2.28. The quantitative estimate of drug-likeness (QED) is 0.362. The van der Waals surface area contributed by atoms with Gasteiger partial charge in [0.2, 0.25) is 0 Å². The summed E-state index contributed by atoms with van der Waals surface area (Å²) >= 11 is 13.3. The summed E-state index contributed by atoms with van der Waals surface area (Å²) in [6, 6.07) is 17.2. The number of hydrogen-bond donors (Lipinski definition) is 2. The number of halogens is 2. The molecule has 0 bridgehead atoms. The molecule has 2 atom stereocenters. The summed E-state index contributed by atoms with van der Waals surface area (Å²) in [4.78, 5) is 13.5. The number of aliphatic hydroxyl groups excluding tert-OH is 1. The summed E-state index contributed by atoms with van der Waals surface area (Å²) in [6.45, 7) is 0. The van der Waals surface area contributed by atoms with Gasteiger partial charge in [0.25, 0.3) is 0 Å². The lowest BCUT2D eigenvalue weighted by atomic mass is 9.89. The van der Waals surface area contributed by atoms with Crippen LogP contribution in [0.4, 0.5) is 0 Å². The van der Waals surface area contributed by atoms with Gasteiger partial charge in [0.05, 0.1) is 21.4 Å². The van der Waals surface area contributed by atoms with Gasteiger partial charge in [0.15, 0.2) is 0 Å². The monoisotopic (exact) mass is 446 g/mol. The van der Waals surface area contributed by atoms with Crippen molar-refractivity contribution in [1.82, 2.24) is 0 Å². The van der Waals surface area contributed by atoms with E-state index in [1.807, 2.05) is 0 Å². The topological polar surface area (TPSA) is 70.7 Å².